The zero-order valence-electron chi connectivity index (χ0n) is 14.9. The smallest absolute Gasteiger partial charge is 0.416 e. The van der Waals surface area contributed by atoms with Gasteiger partial charge in [-0.2, -0.15) is 18.4 Å². The number of rotatable bonds is 5. The molecule has 1 heterocycles. The van der Waals surface area contributed by atoms with Crippen LogP contribution in [-0.2, 0) is 20.4 Å². The third-order valence-electron chi connectivity index (χ3n) is 4.05. The van der Waals surface area contributed by atoms with Crippen LogP contribution in [0.2, 0.25) is 0 Å². The molecule has 0 aromatic heterocycles. The molecule has 27 heavy (non-hydrogen) atoms. The molecule has 2 rings (SSSR count). The number of allylic oxidation sites excluding steroid dienone is 2. The van der Waals surface area contributed by atoms with Crippen LogP contribution in [0.5, 0.6) is 0 Å². The Morgan fingerprint density at radius 3 is 2.56 bits per heavy atom. The Labute approximate surface area is 154 Å². The first-order valence-electron chi connectivity index (χ1n) is 8.40. The Balaban J connectivity index is 2.79. The van der Waals surface area contributed by atoms with E-state index in [9.17, 15) is 23.2 Å². The maximum absolute atomic E-state index is 13.6. The normalized spacial score (nSPS) is 17.4. The van der Waals surface area contributed by atoms with Gasteiger partial charge in [0.05, 0.1) is 23.7 Å². The highest BCUT2D eigenvalue weighted by Gasteiger charge is 2.42. The molecule has 1 aromatic carbocycles. The summed E-state index contributed by atoms with van der Waals surface area (Å²) in [6.07, 6.45) is -3.85. The van der Waals surface area contributed by atoms with Gasteiger partial charge in [0.1, 0.15) is 17.4 Å². The molecule has 0 spiro atoms. The molecule has 0 bridgehead atoms. The van der Waals surface area contributed by atoms with Crippen LogP contribution in [0.3, 0.4) is 0 Å². The van der Waals surface area contributed by atoms with Gasteiger partial charge in [-0.15, -0.1) is 0 Å². The quantitative estimate of drug-likeness (QED) is 0.777. The van der Waals surface area contributed by atoms with Crippen molar-refractivity contribution in [1.82, 2.24) is 0 Å². The van der Waals surface area contributed by atoms with Crippen molar-refractivity contribution >= 4 is 5.97 Å². The van der Waals surface area contributed by atoms with E-state index in [1.54, 1.807) is 13.0 Å². The number of hydrogen-bond acceptors (Lipinski definition) is 5. The average molecular weight is 380 g/mol. The number of carbonyl (C=O) groups excluding carboxylic acids is 1. The molecule has 0 radical (unpaired) electrons. The first kappa shape index (κ1) is 20.4. The fourth-order valence-electron chi connectivity index (χ4n) is 2.98. The standard InChI is InChI=1S/C19H19F3N2O3/c1-3-7-14-16(18(25)26-4-2)15(12(10-23)17(24)27-14)11-8-5-6-9-13(11)19(20,21)22/h5-6,8-9,15H,3-4,7,24H2,1-2H3/t15-/m0/s1. The van der Waals surface area contributed by atoms with Crippen LogP contribution in [-0.4, -0.2) is 12.6 Å². The molecule has 0 fully saturated rings. The van der Waals surface area contributed by atoms with Gasteiger partial charge in [-0.1, -0.05) is 25.1 Å². The summed E-state index contributed by atoms with van der Waals surface area (Å²) in [7, 11) is 0. The Morgan fingerprint density at radius 1 is 1.33 bits per heavy atom. The molecule has 1 aliphatic heterocycles. The molecular weight excluding hydrogens is 361 g/mol. The fraction of sp³-hybridized carbons (Fsp3) is 0.368. The summed E-state index contributed by atoms with van der Waals surface area (Å²) in [6.45, 7) is 3.42. The molecule has 2 N–H and O–H groups in total. The number of benzene rings is 1. The van der Waals surface area contributed by atoms with E-state index >= 15 is 0 Å². The summed E-state index contributed by atoms with van der Waals surface area (Å²) >= 11 is 0. The number of carbonyl (C=O) groups is 1. The topological polar surface area (TPSA) is 85.3 Å². The highest BCUT2D eigenvalue weighted by molar-refractivity contribution is 5.92. The van der Waals surface area contributed by atoms with Crippen LogP contribution in [0.4, 0.5) is 13.2 Å². The zero-order chi connectivity index (χ0) is 20.2. The van der Waals surface area contributed by atoms with Crippen molar-refractivity contribution in [2.45, 2.75) is 38.8 Å². The predicted molar refractivity (Wildman–Crippen MR) is 90.7 cm³/mol. The molecule has 0 unspecified atom stereocenters. The lowest BCUT2D eigenvalue weighted by Crippen LogP contribution is -2.27. The molecule has 0 saturated carbocycles. The number of nitrogens with two attached hydrogens (primary N) is 1. The van der Waals surface area contributed by atoms with E-state index in [1.807, 2.05) is 6.92 Å². The molecule has 8 heteroatoms. The second-order valence-electron chi connectivity index (χ2n) is 5.82. The van der Waals surface area contributed by atoms with E-state index in [4.69, 9.17) is 15.2 Å². The number of nitrogens with zero attached hydrogens (tertiary/aromatic N) is 1. The molecule has 0 aliphatic carbocycles. The number of hydrogen-bond donors (Lipinski definition) is 1. The maximum atomic E-state index is 13.6. The third kappa shape index (κ3) is 4.08. The monoisotopic (exact) mass is 380 g/mol. The second-order valence-corrected chi connectivity index (χ2v) is 5.82. The Hall–Kier alpha value is -2.95. The van der Waals surface area contributed by atoms with E-state index in [0.717, 1.165) is 6.07 Å². The van der Waals surface area contributed by atoms with Gasteiger partial charge >= 0.3 is 12.1 Å². The van der Waals surface area contributed by atoms with Gasteiger partial charge < -0.3 is 15.2 Å². The highest BCUT2D eigenvalue weighted by Crippen LogP contribution is 2.45. The molecule has 1 aromatic rings. The Kier molecular flexibility index (Phi) is 6.16. The minimum atomic E-state index is -4.67. The van der Waals surface area contributed by atoms with Crippen molar-refractivity contribution in [3.05, 3.63) is 58.2 Å². The molecule has 5 nitrogen and oxygen atoms in total. The lowest BCUT2D eigenvalue weighted by atomic mass is 9.80. The van der Waals surface area contributed by atoms with E-state index < -0.39 is 23.6 Å². The van der Waals surface area contributed by atoms with E-state index in [-0.39, 0.29) is 41.4 Å². The summed E-state index contributed by atoms with van der Waals surface area (Å²) in [5, 5.41) is 9.51. The molecule has 1 aliphatic rings. The molecule has 1 atom stereocenters. The number of nitriles is 1. The Bertz CT molecular complexity index is 835. The average Bonchev–Trinajstić information content (AvgIpc) is 2.61. The largest absolute Gasteiger partial charge is 0.463 e. The minimum absolute atomic E-state index is 0.0243. The molecule has 144 valence electrons. The fourth-order valence-corrected chi connectivity index (χ4v) is 2.98. The van der Waals surface area contributed by atoms with Crippen molar-refractivity contribution in [3.8, 4) is 6.07 Å². The molecule has 0 amide bonds. The molecular formula is C19H19F3N2O3. The van der Waals surface area contributed by atoms with Crippen LogP contribution in [0.1, 0.15) is 43.7 Å². The van der Waals surface area contributed by atoms with Crippen molar-refractivity contribution in [2.24, 2.45) is 5.73 Å². The lowest BCUT2D eigenvalue weighted by Gasteiger charge is -2.29. The number of halogens is 3. The number of ether oxygens (including phenoxy) is 2. The van der Waals surface area contributed by atoms with Gasteiger partial charge in [0.15, 0.2) is 0 Å². The third-order valence-corrected chi connectivity index (χ3v) is 4.05. The summed E-state index contributed by atoms with van der Waals surface area (Å²) in [5.41, 5.74) is 4.23. The van der Waals surface area contributed by atoms with E-state index in [2.05, 4.69) is 0 Å². The maximum Gasteiger partial charge on any atom is 0.416 e. The minimum Gasteiger partial charge on any atom is -0.463 e. The predicted octanol–water partition coefficient (Wildman–Crippen LogP) is 4.13. The van der Waals surface area contributed by atoms with E-state index in [0.29, 0.717) is 6.42 Å². The highest BCUT2D eigenvalue weighted by atomic mass is 19.4. The SMILES string of the molecule is CCCC1=C(C(=O)OCC)[C@@H](c2ccccc2C(F)(F)F)C(C#N)=C(N)O1. The van der Waals surface area contributed by atoms with Crippen LogP contribution >= 0.6 is 0 Å². The van der Waals surface area contributed by atoms with Crippen LogP contribution < -0.4 is 5.73 Å². The van der Waals surface area contributed by atoms with Crippen molar-refractivity contribution in [1.29, 1.82) is 5.26 Å². The van der Waals surface area contributed by atoms with Crippen LogP contribution in [0.25, 0.3) is 0 Å². The van der Waals surface area contributed by atoms with E-state index in [1.165, 1.54) is 18.2 Å². The summed E-state index contributed by atoms with van der Waals surface area (Å²) in [6, 6.07) is 6.57. The van der Waals surface area contributed by atoms with Gasteiger partial charge in [-0.25, -0.2) is 4.79 Å². The van der Waals surface area contributed by atoms with Gasteiger partial charge in [0, 0.05) is 6.42 Å². The van der Waals surface area contributed by atoms with Crippen LogP contribution in [0.15, 0.2) is 47.1 Å². The first-order valence-corrected chi connectivity index (χ1v) is 8.40. The van der Waals surface area contributed by atoms with Gasteiger partial charge in [-0.05, 0) is 25.0 Å². The number of alkyl halides is 3. The summed E-state index contributed by atoms with van der Waals surface area (Å²) in [4.78, 5) is 12.6. The van der Waals surface area contributed by atoms with Crippen molar-refractivity contribution in [3.63, 3.8) is 0 Å². The summed E-state index contributed by atoms with van der Waals surface area (Å²) in [5.74, 6) is -2.34. The van der Waals surface area contributed by atoms with Crippen LogP contribution in [0, 0.1) is 11.3 Å². The number of esters is 1. The first-order chi connectivity index (χ1) is 12.8. The molecule has 0 saturated heterocycles. The summed E-state index contributed by atoms with van der Waals surface area (Å²) < 4.78 is 51.1. The van der Waals surface area contributed by atoms with Crippen molar-refractivity contribution in [2.75, 3.05) is 6.61 Å². The zero-order valence-corrected chi connectivity index (χ0v) is 14.9. The van der Waals surface area contributed by atoms with Gasteiger partial charge in [0.25, 0.3) is 0 Å². The lowest BCUT2D eigenvalue weighted by molar-refractivity contribution is -0.141. The van der Waals surface area contributed by atoms with Crippen molar-refractivity contribution < 1.29 is 27.4 Å². The van der Waals surface area contributed by atoms with Gasteiger partial charge in [0.2, 0.25) is 5.88 Å². The second kappa shape index (κ2) is 8.16. The van der Waals surface area contributed by atoms with Gasteiger partial charge in [-0.3, -0.25) is 0 Å². The Morgan fingerprint density at radius 2 is 2.00 bits per heavy atom.